The minimum atomic E-state index is -4.83. The zero-order chi connectivity index (χ0) is 27.7. The zero-order valence-corrected chi connectivity index (χ0v) is 20.8. The van der Waals surface area contributed by atoms with Gasteiger partial charge in [-0.3, -0.25) is 14.9 Å². The predicted molar refractivity (Wildman–Crippen MR) is 133 cm³/mol. The molecule has 1 aliphatic rings. The molecule has 1 aliphatic heterocycles. The van der Waals surface area contributed by atoms with Gasteiger partial charge in [-0.15, -0.1) is 0 Å². The Hall–Kier alpha value is -3.99. The molecule has 1 aromatic heterocycles. The fourth-order valence-corrected chi connectivity index (χ4v) is 4.20. The SMILES string of the molecule is Cc1cc(Cl)cnc1C(=O)Nc1ccc(F)c([C@@]2(C)C[C@@H](C(F)(F)F)OC(NC(=O)c3ccccc3)=N2)c1. The van der Waals surface area contributed by atoms with Crippen LogP contribution in [-0.2, 0) is 10.3 Å². The number of amides is 2. The first-order valence-corrected chi connectivity index (χ1v) is 11.7. The van der Waals surface area contributed by atoms with Gasteiger partial charge in [0.15, 0.2) is 6.10 Å². The standard InChI is InChI=1S/C26H21ClF4N4O3/c1-14-10-16(27)13-32-21(14)23(37)33-17-8-9-19(28)18(11-17)25(2)12-20(26(29,30)31)38-24(35-25)34-22(36)15-6-4-3-5-7-15/h3-11,13,20H,12H2,1-2H3,(H,33,37)(H,34,35,36)/t20-,25+/m0/s1. The molecule has 0 saturated carbocycles. The summed E-state index contributed by atoms with van der Waals surface area (Å²) in [6, 6.07) is 12.0. The topological polar surface area (TPSA) is 92.7 Å². The minimum absolute atomic E-state index is 0.0682. The average Bonchev–Trinajstić information content (AvgIpc) is 2.84. The van der Waals surface area contributed by atoms with Crippen molar-refractivity contribution in [3.05, 3.63) is 94.0 Å². The fourth-order valence-electron chi connectivity index (χ4n) is 3.99. The van der Waals surface area contributed by atoms with Crippen LogP contribution in [0, 0.1) is 12.7 Å². The number of pyridine rings is 1. The third kappa shape index (κ3) is 5.94. The average molecular weight is 549 g/mol. The van der Waals surface area contributed by atoms with Crippen molar-refractivity contribution >= 4 is 35.1 Å². The van der Waals surface area contributed by atoms with Crippen LogP contribution >= 0.6 is 11.6 Å². The van der Waals surface area contributed by atoms with Crippen molar-refractivity contribution in [2.75, 3.05) is 5.32 Å². The van der Waals surface area contributed by atoms with Gasteiger partial charge in [-0.1, -0.05) is 29.8 Å². The molecular formula is C26H21ClF4N4O3. The number of anilines is 1. The fraction of sp³-hybridized carbons (Fsp3) is 0.231. The van der Waals surface area contributed by atoms with Crippen molar-refractivity contribution in [2.45, 2.75) is 38.1 Å². The molecule has 0 radical (unpaired) electrons. The van der Waals surface area contributed by atoms with E-state index in [-0.39, 0.29) is 22.5 Å². The Kier molecular flexibility index (Phi) is 7.41. The number of amidine groups is 1. The molecule has 3 aromatic rings. The van der Waals surface area contributed by atoms with Gasteiger partial charge in [0.2, 0.25) is 0 Å². The Morgan fingerprint density at radius 2 is 1.79 bits per heavy atom. The summed E-state index contributed by atoms with van der Waals surface area (Å²) in [7, 11) is 0. The van der Waals surface area contributed by atoms with E-state index in [0.717, 1.165) is 6.07 Å². The van der Waals surface area contributed by atoms with Gasteiger partial charge in [-0.25, -0.2) is 14.4 Å². The van der Waals surface area contributed by atoms with Gasteiger partial charge < -0.3 is 10.1 Å². The lowest BCUT2D eigenvalue weighted by Crippen LogP contribution is -2.48. The van der Waals surface area contributed by atoms with Gasteiger partial charge in [0.05, 0.1) is 10.6 Å². The summed E-state index contributed by atoms with van der Waals surface area (Å²) >= 11 is 5.88. The molecule has 0 aliphatic carbocycles. The molecule has 0 fully saturated rings. The number of carbonyl (C=O) groups is 2. The van der Waals surface area contributed by atoms with E-state index in [9.17, 15) is 22.8 Å². The zero-order valence-electron chi connectivity index (χ0n) is 20.1. The lowest BCUT2D eigenvalue weighted by atomic mass is 9.85. The second kappa shape index (κ2) is 10.4. The highest BCUT2D eigenvalue weighted by Gasteiger charge is 2.50. The number of hydrogen-bond acceptors (Lipinski definition) is 5. The number of alkyl halides is 3. The molecule has 0 bridgehead atoms. The Bertz CT molecular complexity index is 1420. The van der Waals surface area contributed by atoms with E-state index in [1.807, 2.05) is 0 Å². The predicted octanol–water partition coefficient (Wildman–Crippen LogP) is 5.79. The van der Waals surface area contributed by atoms with Gasteiger partial charge in [-0.2, -0.15) is 13.2 Å². The van der Waals surface area contributed by atoms with Gasteiger partial charge in [0.25, 0.3) is 17.8 Å². The van der Waals surface area contributed by atoms with Crippen LogP contribution in [0.1, 0.15) is 45.3 Å². The number of nitrogens with zero attached hydrogens (tertiary/aromatic N) is 2. The third-order valence-electron chi connectivity index (χ3n) is 5.87. The normalized spacial score (nSPS) is 19.2. The quantitative estimate of drug-likeness (QED) is 0.404. The van der Waals surface area contributed by atoms with Crippen molar-refractivity contribution in [3.63, 3.8) is 0 Å². The molecule has 2 N–H and O–H groups in total. The first-order chi connectivity index (χ1) is 17.9. The number of nitrogens with one attached hydrogen (secondary N) is 2. The highest BCUT2D eigenvalue weighted by Crippen LogP contribution is 2.41. The molecule has 7 nitrogen and oxygen atoms in total. The van der Waals surface area contributed by atoms with Gasteiger partial charge in [0.1, 0.15) is 11.5 Å². The van der Waals surface area contributed by atoms with Gasteiger partial charge >= 0.3 is 6.18 Å². The molecule has 0 saturated heterocycles. The van der Waals surface area contributed by atoms with Crippen LogP contribution in [0.2, 0.25) is 5.02 Å². The van der Waals surface area contributed by atoms with E-state index >= 15 is 4.39 Å². The van der Waals surface area contributed by atoms with E-state index in [1.54, 1.807) is 31.2 Å². The van der Waals surface area contributed by atoms with E-state index in [2.05, 4.69) is 20.6 Å². The van der Waals surface area contributed by atoms with Crippen LogP contribution in [-0.4, -0.2) is 35.1 Å². The first kappa shape index (κ1) is 27.1. The molecular weight excluding hydrogens is 528 g/mol. The second-order valence-corrected chi connectivity index (χ2v) is 9.27. The number of aromatic nitrogens is 1. The van der Waals surface area contributed by atoms with Crippen LogP contribution in [0.25, 0.3) is 0 Å². The monoisotopic (exact) mass is 548 g/mol. The molecule has 0 spiro atoms. The van der Waals surface area contributed by atoms with E-state index < -0.39 is 47.9 Å². The van der Waals surface area contributed by atoms with Crippen molar-refractivity contribution in [1.29, 1.82) is 0 Å². The van der Waals surface area contributed by atoms with Crippen molar-refractivity contribution < 1.29 is 31.9 Å². The van der Waals surface area contributed by atoms with Crippen LogP contribution < -0.4 is 10.6 Å². The van der Waals surface area contributed by atoms with E-state index in [4.69, 9.17) is 16.3 Å². The molecule has 12 heteroatoms. The number of benzene rings is 2. The summed E-state index contributed by atoms with van der Waals surface area (Å²) in [5, 5.41) is 5.14. The molecule has 4 rings (SSSR count). The number of halogens is 5. The van der Waals surface area contributed by atoms with Gasteiger partial charge in [-0.05, 0) is 55.8 Å². The van der Waals surface area contributed by atoms with E-state index in [1.165, 1.54) is 37.4 Å². The molecule has 38 heavy (non-hydrogen) atoms. The highest BCUT2D eigenvalue weighted by molar-refractivity contribution is 6.30. The highest BCUT2D eigenvalue weighted by atomic mass is 35.5. The maximum atomic E-state index is 15.0. The Balaban J connectivity index is 1.67. The van der Waals surface area contributed by atoms with Crippen molar-refractivity contribution in [1.82, 2.24) is 10.3 Å². The number of aliphatic imine (C=N–C) groups is 1. The molecule has 2 amide bonds. The number of hydrogen-bond donors (Lipinski definition) is 2. The van der Waals surface area contributed by atoms with Crippen molar-refractivity contribution in [2.24, 2.45) is 4.99 Å². The molecule has 198 valence electrons. The van der Waals surface area contributed by atoms with E-state index in [0.29, 0.717) is 10.6 Å². The summed E-state index contributed by atoms with van der Waals surface area (Å²) in [5.74, 6) is -2.23. The Labute approximate surface area is 219 Å². The van der Waals surface area contributed by atoms with Crippen molar-refractivity contribution in [3.8, 4) is 0 Å². The summed E-state index contributed by atoms with van der Waals surface area (Å²) in [5.41, 5.74) is -1.22. The summed E-state index contributed by atoms with van der Waals surface area (Å²) < 4.78 is 61.3. The molecule has 2 aromatic carbocycles. The number of ether oxygens (including phenoxy) is 1. The number of aryl methyl sites for hydroxylation is 1. The summed E-state index contributed by atoms with van der Waals surface area (Å²) in [6.45, 7) is 2.92. The number of rotatable bonds is 4. The summed E-state index contributed by atoms with van der Waals surface area (Å²) in [6.07, 6.45) is -6.69. The number of carbonyl (C=O) groups excluding carboxylic acids is 2. The Morgan fingerprint density at radius 3 is 2.45 bits per heavy atom. The maximum Gasteiger partial charge on any atom is 0.425 e. The second-order valence-electron chi connectivity index (χ2n) is 8.83. The van der Waals surface area contributed by atoms with Gasteiger partial charge in [0, 0.05) is 29.4 Å². The third-order valence-corrected chi connectivity index (χ3v) is 6.08. The largest absolute Gasteiger partial charge is 0.452 e. The summed E-state index contributed by atoms with van der Waals surface area (Å²) in [4.78, 5) is 33.4. The van der Waals surface area contributed by atoms with Crippen LogP contribution in [0.15, 0.2) is 65.8 Å². The maximum absolute atomic E-state index is 15.0. The minimum Gasteiger partial charge on any atom is -0.452 e. The molecule has 2 heterocycles. The van der Waals surface area contributed by atoms with Crippen LogP contribution in [0.5, 0.6) is 0 Å². The smallest absolute Gasteiger partial charge is 0.425 e. The first-order valence-electron chi connectivity index (χ1n) is 11.3. The molecule has 0 unspecified atom stereocenters. The molecule has 2 atom stereocenters. The lowest BCUT2D eigenvalue weighted by molar-refractivity contribution is -0.208. The Morgan fingerprint density at radius 1 is 1.08 bits per heavy atom. The van der Waals surface area contributed by atoms with Crippen LogP contribution in [0.4, 0.5) is 23.2 Å². The lowest BCUT2D eigenvalue weighted by Gasteiger charge is -2.36. The van der Waals surface area contributed by atoms with Crippen LogP contribution in [0.3, 0.4) is 0 Å².